The predicted octanol–water partition coefficient (Wildman–Crippen LogP) is 1.31. The first-order chi connectivity index (χ1) is 9.54. The summed E-state index contributed by atoms with van der Waals surface area (Å²) in [4.78, 5) is 32.7. The quantitative estimate of drug-likeness (QED) is 0.629. The fourth-order valence-corrected chi connectivity index (χ4v) is 1.92. The van der Waals surface area contributed by atoms with E-state index in [1.165, 1.54) is 12.0 Å². The number of hydrogen-bond donors (Lipinski definition) is 1. The zero-order valence-electron chi connectivity index (χ0n) is 12.3. The van der Waals surface area contributed by atoms with Crippen LogP contribution in [-0.4, -0.2) is 46.4 Å². The summed E-state index contributed by atoms with van der Waals surface area (Å²) in [5, 5.41) is 0. The number of ether oxygens (including phenoxy) is 1. The van der Waals surface area contributed by atoms with Crippen molar-refractivity contribution in [1.82, 2.24) is 14.9 Å². The molecule has 1 aromatic heterocycles. The topological polar surface area (TPSA) is 75.3 Å². The first-order valence-electron chi connectivity index (χ1n) is 6.54. The molecule has 0 unspecified atom stereocenters. The third kappa shape index (κ3) is 3.69. The number of likely N-dealkylation sites (N-methyl/N-ethyl adjacent to an activating group) is 1. The minimum Gasteiger partial charge on any atom is -0.467 e. The molecule has 110 valence electrons. The largest absolute Gasteiger partial charge is 0.467 e. The van der Waals surface area contributed by atoms with Crippen LogP contribution in [0.1, 0.15) is 26.5 Å². The number of rotatable bonds is 6. The van der Waals surface area contributed by atoms with E-state index in [0.29, 0.717) is 18.5 Å². The van der Waals surface area contributed by atoms with Crippen LogP contribution >= 0.6 is 0 Å². The molecule has 6 heteroatoms. The van der Waals surface area contributed by atoms with E-state index in [0.717, 1.165) is 5.69 Å². The fraction of sp³-hybridized carbons (Fsp3) is 0.500. The first-order valence-corrected chi connectivity index (χ1v) is 6.54. The predicted molar refractivity (Wildman–Crippen MR) is 74.9 cm³/mol. The van der Waals surface area contributed by atoms with Crippen molar-refractivity contribution in [2.24, 2.45) is 0 Å². The molecule has 1 heterocycles. The number of carbonyl (C=O) groups is 2. The van der Waals surface area contributed by atoms with E-state index in [1.54, 1.807) is 32.4 Å². The van der Waals surface area contributed by atoms with Crippen molar-refractivity contribution in [3.63, 3.8) is 0 Å². The smallest absolute Gasteiger partial charge is 0.328 e. The van der Waals surface area contributed by atoms with E-state index in [-0.39, 0.29) is 5.91 Å². The lowest BCUT2D eigenvalue weighted by Crippen LogP contribution is -2.47. The molecule has 1 aromatic rings. The monoisotopic (exact) mass is 279 g/mol. The van der Waals surface area contributed by atoms with Gasteiger partial charge in [0.2, 0.25) is 5.91 Å². The Morgan fingerprint density at radius 3 is 2.70 bits per heavy atom. The van der Waals surface area contributed by atoms with Crippen molar-refractivity contribution in [2.45, 2.75) is 33.2 Å². The van der Waals surface area contributed by atoms with Gasteiger partial charge in [0.15, 0.2) is 0 Å². The highest BCUT2D eigenvalue weighted by Gasteiger charge is 2.30. The van der Waals surface area contributed by atoms with Gasteiger partial charge in [0.05, 0.1) is 13.4 Å². The Bertz CT molecular complexity index is 480. The molecule has 1 rings (SSSR count). The normalized spacial score (nSPS) is 12.9. The Balaban J connectivity index is 3.01. The van der Waals surface area contributed by atoms with Gasteiger partial charge in [-0.1, -0.05) is 6.08 Å². The molecule has 1 N–H and O–H groups in total. The number of hydrogen-bond acceptors (Lipinski definition) is 4. The average molecular weight is 279 g/mol. The van der Waals surface area contributed by atoms with Gasteiger partial charge >= 0.3 is 5.97 Å². The van der Waals surface area contributed by atoms with E-state index in [4.69, 9.17) is 4.74 Å². The molecule has 0 aromatic carbocycles. The molecule has 6 nitrogen and oxygen atoms in total. The van der Waals surface area contributed by atoms with Crippen LogP contribution in [0.2, 0.25) is 0 Å². The zero-order chi connectivity index (χ0) is 15.1. The summed E-state index contributed by atoms with van der Waals surface area (Å²) in [6.07, 6.45) is 5.26. The van der Waals surface area contributed by atoms with Gasteiger partial charge in [-0.2, -0.15) is 0 Å². The summed E-state index contributed by atoms with van der Waals surface area (Å²) < 4.78 is 4.82. The second-order valence-corrected chi connectivity index (χ2v) is 4.38. The molecule has 0 aliphatic rings. The molecule has 0 aliphatic heterocycles. The van der Waals surface area contributed by atoms with Crippen molar-refractivity contribution >= 4 is 11.9 Å². The van der Waals surface area contributed by atoms with Crippen molar-refractivity contribution < 1.29 is 14.3 Å². The number of nitrogens with one attached hydrogen (secondary N) is 1. The number of allylic oxidation sites excluding steroid dienone is 1. The Morgan fingerprint density at radius 2 is 2.25 bits per heavy atom. The van der Waals surface area contributed by atoms with Gasteiger partial charge in [-0.3, -0.25) is 4.79 Å². The highest BCUT2D eigenvalue weighted by Crippen LogP contribution is 2.12. The van der Waals surface area contributed by atoms with Crippen LogP contribution in [0.25, 0.3) is 0 Å². The second-order valence-electron chi connectivity index (χ2n) is 4.38. The molecule has 0 saturated carbocycles. The van der Waals surface area contributed by atoms with Crippen LogP contribution in [0.4, 0.5) is 0 Å². The number of amides is 1. The van der Waals surface area contributed by atoms with E-state index in [2.05, 4.69) is 9.97 Å². The lowest BCUT2D eigenvalue weighted by Gasteiger charge is -2.28. The van der Waals surface area contributed by atoms with Gasteiger partial charge in [-0.25, -0.2) is 9.78 Å². The van der Waals surface area contributed by atoms with Crippen molar-refractivity contribution in [3.05, 3.63) is 29.9 Å². The molecule has 0 saturated heterocycles. The Hall–Kier alpha value is -2.11. The van der Waals surface area contributed by atoms with Gasteiger partial charge < -0.3 is 14.6 Å². The summed E-state index contributed by atoms with van der Waals surface area (Å²) in [5.41, 5.74) is 1.38. The molecule has 0 spiro atoms. The van der Waals surface area contributed by atoms with Crippen molar-refractivity contribution in [3.8, 4) is 0 Å². The van der Waals surface area contributed by atoms with E-state index >= 15 is 0 Å². The number of H-pyrrole nitrogens is 1. The van der Waals surface area contributed by atoms with E-state index < -0.39 is 12.0 Å². The Morgan fingerprint density at radius 1 is 1.55 bits per heavy atom. The van der Waals surface area contributed by atoms with E-state index in [9.17, 15) is 9.59 Å². The van der Waals surface area contributed by atoms with Crippen molar-refractivity contribution in [2.75, 3.05) is 13.7 Å². The number of esters is 1. The maximum atomic E-state index is 12.3. The molecule has 0 bridgehead atoms. The second kappa shape index (κ2) is 7.47. The minimum absolute atomic E-state index is 0.162. The fourth-order valence-electron chi connectivity index (χ4n) is 1.92. The molecule has 1 atom stereocenters. The van der Waals surface area contributed by atoms with Gasteiger partial charge in [-0.15, -0.1) is 0 Å². The Kier molecular flexibility index (Phi) is 5.96. The number of imidazole rings is 1. The molecule has 0 radical (unpaired) electrons. The summed E-state index contributed by atoms with van der Waals surface area (Å²) in [6.45, 7) is 5.79. The zero-order valence-corrected chi connectivity index (χ0v) is 12.3. The van der Waals surface area contributed by atoms with Crippen LogP contribution in [0.15, 0.2) is 24.2 Å². The first kappa shape index (κ1) is 15.9. The summed E-state index contributed by atoms with van der Waals surface area (Å²) in [6, 6.07) is -0.659. The lowest BCUT2D eigenvalue weighted by atomic mass is 10.1. The highest BCUT2D eigenvalue weighted by atomic mass is 16.5. The maximum absolute atomic E-state index is 12.3. The van der Waals surface area contributed by atoms with Gasteiger partial charge in [0.1, 0.15) is 6.04 Å². The highest BCUT2D eigenvalue weighted by molar-refractivity contribution is 5.95. The van der Waals surface area contributed by atoms with Gasteiger partial charge in [-0.05, 0) is 20.8 Å². The van der Waals surface area contributed by atoms with Crippen molar-refractivity contribution in [1.29, 1.82) is 0 Å². The summed E-state index contributed by atoms with van der Waals surface area (Å²) in [7, 11) is 1.32. The standard InChI is InChI=1S/C14H21N3O3/c1-5-10(3)13(18)17(6-2)12(14(19)20-4)7-11-8-15-9-16-11/h5,8-9,12H,6-7H2,1-4H3,(H,15,16)/t12-/m0/s1. The number of nitrogens with zero attached hydrogens (tertiary/aromatic N) is 2. The van der Waals surface area contributed by atoms with Crippen LogP contribution in [0.3, 0.4) is 0 Å². The summed E-state index contributed by atoms with van der Waals surface area (Å²) in [5.74, 6) is -0.594. The Labute approximate surface area is 118 Å². The van der Waals surface area contributed by atoms with Crippen LogP contribution < -0.4 is 0 Å². The van der Waals surface area contributed by atoms with E-state index in [1.807, 2.05) is 6.92 Å². The van der Waals surface area contributed by atoms with Crippen LogP contribution in [0, 0.1) is 0 Å². The number of methoxy groups -OCH3 is 1. The molecule has 0 fully saturated rings. The average Bonchev–Trinajstić information content (AvgIpc) is 2.98. The molecule has 1 amide bonds. The number of aromatic nitrogens is 2. The lowest BCUT2D eigenvalue weighted by molar-refractivity contribution is -0.151. The summed E-state index contributed by atoms with van der Waals surface area (Å²) >= 11 is 0. The molecule has 0 aliphatic carbocycles. The molecular formula is C14H21N3O3. The minimum atomic E-state index is -0.659. The third-order valence-corrected chi connectivity index (χ3v) is 3.19. The molecule has 20 heavy (non-hydrogen) atoms. The maximum Gasteiger partial charge on any atom is 0.328 e. The van der Waals surface area contributed by atoms with Gasteiger partial charge in [0, 0.05) is 30.4 Å². The van der Waals surface area contributed by atoms with Gasteiger partial charge in [0.25, 0.3) is 0 Å². The van der Waals surface area contributed by atoms with Crippen LogP contribution in [-0.2, 0) is 20.7 Å². The number of aromatic amines is 1. The van der Waals surface area contributed by atoms with Crippen LogP contribution in [0.5, 0.6) is 0 Å². The SMILES string of the molecule is CC=C(C)C(=O)N(CC)[C@@H](Cc1cnc[nH]1)C(=O)OC. The third-order valence-electron chi connectivity index (χ3n) is 3.19. The molecular weight excluding hydrogens is 258 g/mol. The number of carbonyl (C=O) groups excluding carboxylic acids is 2.